The molecular weight excluding hydrogens is 168 g/mol. The molecule has 2 aliphatic rings. The highest BCUT2D eigenvalue weighted by molar-refractivity contribution is 5.97. The molecule has 0 heteroatoms. The van der Waals surface area contributed by atoms with E-state index in [2.05, 4.69) is 55.1 Å². The van der Waals surface area contributed by atoms with Crippen molar-refractivity contribution in [1.29, 1.82) is 0 Å². The standard InChI is InChI=1S/C14H10/c1-10-8-12-6-2-4-11-5-3-7-13(9-10)14(11)12/h2-9H,1H2. The van der Waals surface area contributed by atoms with Gasteiger partial charge >= 0.3 is 0 Å². The second-order valence-corrected chi connectivity index (χ2v) is 3.66. The van der Waals surface area contributed by atoms with Gasteiger partial charge in [0.05, 0.1) is 0 Å². The molecule has 1 aromatic carbocycles. The van der Waals surface area contributed by atoms with Gasteiger partial charge in [-0.2, -0.15) is 6.58 Å². The summed E-state index contributed by atoms with van der Waals surface area (Å²) in [5.41, 5.74) is 2.63. The lowest BCUT2D eigenvalue weighted by molar-refractivity contribution is 1.61. The molecule has 0 amide bonds. The van der Waals surface area contributed by atoms with E-state index in [1.54, 1.807) is 0 Å². The second-order valence-electron chi connectivity index (χ2n) is 3.66. The van der Waals surface area contributed by atoms with Crippen LogP contribution in [0.1, 0.15) is 0 Å². The smallest absolute Gasteiger partial charge is 0.0306 e. The SMILES string of the molecule is C=c1cc2cc[cH+]c3cccc([cH-]1)c3-2. The largest absolute Gasteiger partial charge is 0.155 e. The average Bonchev–Trinajstić information content (AvgIpc) is 2.18. The van der Waals surface area contributed by atoms with Crippen LogP contribution in [0.4, 0.5) is 0 Å². The number of benzene rings is 3. The van der Waals surface area contributed by atoms with Gasteiger partial charge in [-0.1, -0.05) is 6.07 Å². The number of hydrogen-bond donors (Lipinski definition) is 0. The highest BCUT2D eigenvalue weighted by atomic mass is 14.1. The average molecular weight is 178 g/mol. The molecule has 2 aliphatic carbocycles. The van der Waals surface area contributed by atoms with E-state index >= 15 is 0 Å². The van der Waals surface area contributed by atoms with Crippen molar-refractivity contribution in [3.8, 4) is 11.1 Å². The van der Waals surface area contributed by atoms with Gasteiger partial charge in [-0.15, -0.1) is 28.8 Å². The zero-order chi connectivity index (χ0) is 9.54. The quantitative estimate of drug-likeness (QED) is 0.464. The van der Waals surface area contributed by atoms with E-state index in [4.69, 9.17) is 0 Å². The van der Waals surface area contributed by atoms with Crippen molar-refractivity contribution >= 4 is 17.4 Å². The molecule has 14 heavy (non-hydrogen) atoms. The minimum Gasteiger partial charge on any atom is -0.155 e. The lowest BCUT2D eigenvalue weighted by Crippen LogP contribution is -1.98. The molecule has 0 atom stereocenters. The molecule has 0 fully saturated rings. The molecule has 0 radical (unpaired) electrons. The van der Waals surface area contributed by atoms with Crippen LogP contribution in [-0.2, 0) is 0 Å². The Labute approximate surface area is 82.8 Å². The maximum absolute atomic E-state index is 3.99. The number of rotatable bonds is 0. The summed E-state index contributed by atoms with van der Waals surface area (Å²) in [4.78, 5) is 0. The van der Waals surface area contributed by atoms with E-state index in [0.717, 1.165) is 5.22 Å². The molecule has 0 spiro atoms. The molecule has 0 nitrogen and oxygen atoms in total. The summed E-state index contributed by atoms with van der Waals surface area (Å²) in [7, 11) is 0. The Hall–Kier alpha value is -1.82. The monoisotopic (exact) mass is 178 g/mol. The Morgan fingerprint density at radius 1 is 1.21 bits per heavy atom. The zero-order valence-electron chi connectivity index (χ0n) is 7.83. The molecule has 0 heterocycles. The minimum atomic E-state index is 1.08. The maximum atomic E-state index is 3.99. The molecule has 0 N–H and O–H groups in total. The van der Waals surface area contributed by atoms with Gasteiger partial charge in [-0.3, -0.25) is 0 Å². The summed E-state index contributed by atoms with van der Waals surface area (Å²) in [6.45, 7) is 3.99. The van der Waals surface area contributed by atoms with Crippen LogP contribution in [0.25, 0.3) is 28.5 Å². The first-order valence-corrected chi connectivity index (χ1v) is 4.75. The first-order chi connectivity index (χ1) is 6.84. The lowest BCUT2D eigenvalue weighted by atomic mass is 9.94. The highest BCUT2D eigenvalue weighted by Gasteiger charge is 2.04. The normalized spacial score (nSPS) is 11.1. The Bertz CT molecular complexity index is 607. The number of hydrogen-bond acceptors (Lipinski definition) is 0. The third kappa shape index (κ3) is 0.942. The van der Waals surface area contributed by atoms with Crippen molar-refractivity contribution in [2.75, 3.05) is 0 Å². The van der Waals surface area contributed by atoms with Gasteiger partial charge in [0, 0.05) is 17.5 Å². The van der Waals surface area contributed by atoms with Crippen molar-refractivity contribution in [2.45, 2.75) is 0 Å². The first kappa shape index (κ1) is 7.57. The summed E-state index contributed by atoms with van der Waals surface area (Å²) < 4.78 is 0. The lowest BCUT2D eigenvalue weighted by Gasteiger charge is -2.13. The summed E-state index contributed by atoms with van der Waals surface area (Å²) in [5.74, 6) is 0. The van der Waals surface area contributed by atoms with E-state index in [9.17, 15) is 0 Å². The fraction of sp³-hybridized carbons (Fsp3) is 0. The zero-order valence-corrected chi connectivity index (χ0v) is 7.83. The summed E-state index contributed by atoms with van der Waals surface area (Å²) >= 11 is 0. The van der Waals surface area contributed by atoms with Crippen LogP contribution < -0.4 is 5.22 Å². The highest BCUT2D eigenvalue weighted by Crippen LogP contribution is 2.30. The molecule has 0 aromatic heterocycles. The first-order valence-electron chi connectivity index (χ1n) is 4.75. The second kappa shape index (κ2) is 2.58. The van der Waals surface area contributed by atoms with Crippen LogP contribution in [-0.4, -0.2) is 0 Å². The van der Waals surface area contributed by atoms with Crippen LogP contribution >= 0.6 is 0 Å². The van der Waals surface area contributed by atoms with Crippen LogP contribution in [0.2, 0.25) is 0 Å². The predicted octanol–water partition coefficient (Wildman–Crippen LogP) is 3.07. The Kier molecular flexibility index (Phi) is 1.40. The van der Waals surface area contributed by atoms with Crippen LogP contribution in [0.3, 0.4) is 0 Å². The van der Waals surface area contributed by atoms with Crippen LogP contribution in [0, 0.1) is 0 Å². The Morgan fingerprint density at radius 3 is 3.07 bits per heavy atom. The summed E-state index contributed by atoms with van der Waals surface area (Å²) in [6, 6.07) is 17.0. The molecule has 0 aliphatic heterocycles. The van der Waals surface area contributed by atoms with E-state index in [1.165, 1.54) is 21.9 Å². The van der Waals surface area contributed by atoms with Crippen molar-refractivity contribution in [1.82, 2.24) is 0 Å². The third-order valence-corrected chi connectivity index (χ3v) is 2.65. The molecule has 3 rings (SSSR count). The Morgan fingerprint density at radius 2 is 2.14 bits per heavy atom. The molecule has 0 unspecified atom stereocenters. The van der Waals surface area contributed by atoms with Crippen molar-refractivity contribution in [2.24, 2.45) is 0 Å². The predicted molar refractivity (Wildman–Crippen MR) is 61.3 cm³/mol. The molecule has 0 saturated carbocycles. The molecule has 66 valence electrons. The van der Waals surface area contributed by atoms with Gasteiger partial charge in [0.25, 0.3) is 0 Å². The van der Waals surface area contributed by atoms with E-state index < -0.39 is 0 Å². The fourth-order valence-corrected chi connectivity index (χ4v) is 2.08. The van der Waals surface area contributed by atoms with Crippen molar-refractivity contribution in [3.05, 3.63) is 53.7 Å². The minimum absolute atomic E-state index is 1.08. The van der Waals surface area contributed by atoms with Crippen molar-refractivity contribution in [3.63, 3.8) is 0 Å². The van der Waals surface area contributed by atoms with E-state index in [1.807, 2.05) is 0 Å². The Balaban J connectivity index is 2.67. The molecular formula is C14H10. The van der Waals surface area contributed by atoms with Gasteiger partial charge in [-0.25, -0.2) is 0 Å². The van der Waals surface area contributed by atoms with E-state index in [0.29, 0.717) is 0 Å². The van der Waals surface area contributed by atoms with Crippen LogP contribution in [0.5, 0.6) is 0 Å². The summed E-state index contributed by atoms with van der Waals surface area (Å²) in [6.07, 6.45) is 0. The molecule has 0 bridgehead atoms. The van der Waals surface area contributed by atoms with Gasteiger partial charge in [0.15, 0.2) is 0 Å². The maximum Gasteiger partial charge on any atom is 0.0306 e. The molecule has 0 saturated heterocycles. The molecule has 1 aromatic rings. The fourth-order valence-electron chi connectivity index (χ4n) is 2.08. The van der Waals surface area contributed by atoms with Gasteiger partial charge < -0.3 is 0 Å². The summed E-state index contributed by atoms with van der Waals surface area (Å²) in [5, 5.41) is 3.67. The van der Waals surface area contributed by atoms with E-state index in [-0.39, 0.29) is 0 Å². The van der Waals surface area contributed by atoms with Crippen LogP contribution in [0.15, 0.2) is 48.5 Å². The van der Waals surface area contributed by atoms with Gasteiger partial charge in [0.1, 0.15) is 0 Å². The van der Waals surface area contributed by atoms with Gasteiger partial charge in [-0.05, 0) is 23.3 Å². The topological polar surface area (TPSA) is 0 Å². The third-order valence-electron chi connectivity index (χ3n) is 2.65. The van der Waals surface area contributed by atoms with Crippen molar-refractivity contribution < 1.29 is 0 Å². The van der Waals surface area contributed by atoms with Gasteiger partial charge in [0.2, 0.25) is 0 Å².